The van der Waals surface area contributed by atoms with Crippen LogP contribution in [0.2, 0.25) is 5.02 Å². The molecule has 0 amide bonds. The zero-order chi connectivity index (χ0) is 11.5. The van der Waals surface area contributed by atoms with Crippen LogP contribution >= 0.6 is 27.5 Å². The third-order valence-corrected chi connectivity index (χ3v) is 4.49. The van der Waals surface area contributed by atoms with E-state index in [4.69, 9.17) is 11.6 Å². The standard InChI is InChI=1S/C13H17BrClN/c1-9(10-3-2-4-10)16-8-11-7-12(15)5-6-13(11)14/h5-7,9-10,16H,2-4,8H2,1H3. The summed E-state index contributed by atoms with van der Waals surface area (Å²) in [4.78, 5) is 0. The minimum Gasteiger partial charge on any atom is -0.310 e. The summed E-state index contributed by atoms with van der Waals surface area (Å²) >= 11 is 9.53. The van der Waals surface area contributed by atoms with Crippen molar-refractivity contribution in [2.45, 2.75) is 38.8 Å². The van der Waals surface area contributed by atoms with Gasteiger partial charge in [-0.15, -0.1) is 0 Å². The molecule has 1 N–H and O–H groups in total. The molecule has 1 atom stereocenters. The third kappa shape index (κ3) is 2.99. The fourth-order valence-electron chi connectivity index (χ4n) is 2.06. The Morgan fingerprint density at radius 3 is 2.88 bits per heavy atom. The van der Waals surface area contributed by atoms with Crippen LogP contribution in [0.1, 0.15) is 31.7 Å². The zero-order valence-corrected chi connectivity index (χ0v) is 11.8. The third-order valence-electron chi connectivity index (χ3n) is 3.48. The van der Waals surface area contributed by atoms with Crippen LogP contribution in [0, 0.1) is 5.92 Å². The molecule has 1 unspecified atom stereocenters. The fourth-order valence-corrected chi connectivity index (χ4v) is 2.64. The molecule has 0 bridgehead atoms. The molecule has 1 aromatic rings. The van der Waals surface area contributed by atoms with Crippen molar-refractivity contribution in [3.63, 3.8) is 0 Å². The topological polar surface area (TPSA) is 12.0 Å². The maximum Gasteiger partial charge on any atom is 0.0410 e. The monoisotopic (exact) mass is 301 g/mol. The van der Waals surface area contributed by atoms with E-state index in [9.17, 15) is 0 Å². The quantitative estimate of drug-likeness (QED) is 0.870. The van der Waals surface area contributed by atoms with Crippen molar-refractivity contribution >= 4 is 27.5 Å². The first kappa shape index (κ1) is 12.4. The van der Waals surface area contributed by atoms with Gasteiger partial charge in [0.05, 0.1) is 0 Å². The van der Waals surface area contributed by atoms with E-state index in [0.717, 1.165) is 22.0 Å². The molecule has 1 aromatic carbocycles. The highest BCUT2D eigenvalue weighted by Gasteiger charge is 2.23. The molecule has 1 saturated carbocycles. The van der Waals surface area contributed by atoms with Crippen molar-refractivity contribution < 1.29 is 0 Å². The van der Waals surface area contributed by atoms with Gasteiger partial charge in [0.25, 0.3) is 0 Å². The van der Waals surface area contributed by atoms with Gasteiger partial charge in [0, 0.05) is 22.1 Å². The van der Waals surface area contributed by atoms with Crippen LogP contribution in [0.15, 0.2) is 22.7 Å². The molecule has 0 aliphatic heterocycles. The number of rotatable bonds is 4. The largest absolute Gasteiger partial charge is 0.310 e. The number of hydrogen-bond donors (Lipinski definition) is 1. The molecule has 2 rings (SSSR count). The predicted octanol–water partition coefficient (Wildman–Crippen LogP) is 4.38. The lowest BCUT2D eigenvalue weighted by Crippen LogP contribution is -2.36. The van der Waals surface area contributed by atoms with Crippen molar-refractivity contribution in [1.29, 1.82) is 0 Å². The Labute approximate surface area is 111 Å². The van der Waals surface area contributed by atoms with E-state index in [1.54, 1.807) is 0 Å². The summed E-state index contributed by atoms with van der Waals surface area (Å²) < 4.78 is 1.13. The van der Waals surface area contributed by atoms with E-state index in [1.165, 1.54) is 24.8 Å². The van der Waals surface area contributed by atoms with Gasteiger partial charge in [0.2, 0.25) is 0 Å². The maximum atomic E-state index is 5.98. The molecule has 1 nitrogen and oxygen atoms in total. The first-order valence-corrected chi connectivity index (χ1v) is 7.01. The molecule has 88 valence electrons. The van der Waals surface area contributed by atoms with Gasteiger partial charge >= 0.3 is 0 Å². The predicted molar refractivity (Wildman–Crippen MR) is 72.8 cm³/mol. The van der Waals surface area contributed by atoms with Gasteiger partial charge in [0.1, 0.15) is 0 Å². The number of benzene rings is 1. The summed E-state index contributed by atoms with van der Waals surface area (Å²) in [5.41, 5.74) is 1.23. The van der Waals surface area contributed by atoms with Crippen molar-refractivity contribution in [2.24, 2.45) is 5.92 Å². The summed E-state index contributed by atoms with van der Waals surface area (Å²) in [6.45, 7) is 3.17. The van der Waals surface area contributed by atoms with Crippen LogP contribution in [0.4, 0.5) is 0 Å². The van der Waals surface area contributed by atoms with Gasteiger partial charge in [0.15, 0.2) is 0 Å². The highest BCUT2D eigenvalue weighted by atomic mass is 79.9. The molecule has 0 aromatic heterocycles. The Kier molecular flexibility index (Phi) is 4.28. The smallest absolute Gasteiger partial charge is 0.0410 e. The summed E-state index contributed by atoms with van der Waals surface area (Å²) in [5.74, 6) is 0.873. The van der Waals surface area contributed by atoms with E-state index in [0.29, 0.717) is 6.04 Å². The Bertz CT molecular complexity index is 363. The summed E-state index contributed by atoms with van der Waals surface area (Å²) in [7, 11) is 0. The van der Waals surface area contributed by atoms with Crippen molar-refractivity contribution in [3.05, 3.63) is 33.3 Å². The lowest BCUT2D eigenvalue weighted by atomic mass is 9.80. The summed E-state index contributed by atoms with van der Waals surface area (Å²) in [6, 6.07) is 6.55. The molecule has 1 aliphatic carbocycles. The SMILES string of the molecule is CC(NCc1cc(Cl)ccc1Br)C1CCC1. The Balaban J connectivity index is 1.90. The molecule has 16 heavy (non-hydrogen) atoms. The van der Waals surface area contributed by atoms with Gasteiger partial charge in [-0.2, -0.15) is 0 Å². The van der Waals surface area contributed by atoms with E-state index in [1.807, 2.05) is 18.2 Å². The highest BCUT2D eigenvalue weighted by molar-refractivity contribution is 9.10. The molecule has 1 aliphatic rings. The van der Waals surface area contributed by atoms with Crippen LogP contribution in [-0.2, 0) is 6.54 Å². The average molecular weight is 303 g/mol. The maximum absolute atomic E-state index is 5.98. The van der Waals surface area contributed by atoms with E-state index in [-0.39, 0.29) is 0 Å². The van der Waals surface area contributed by atoms with Gasteiger partial charge in [-0.25, -0.2) is 0 Å². The molecule has 0 radical (unpaired) electrons. The average Bonchev–Trinajstić information content (AvgIpc) is 2.17. The first-order valence-electron chi connectivity index (χ1n) is 5.84. The molecule has 1 fully saturated rings. The molecule has 3 heteroatoms. The minimum absolute atomic E-state index is 0.611. The Morgan fingerprint density at radius 1 is 1.50 bits per heavy atom. The van der Waals surface area contributed by atoms with Gasteiger partial charge in [-0.05, 0) is 49.4 Å². The van der Waals surface area contributed by atoms with Crippen LogP contribution in [0.25, 0.3) is 0 Å². The van der Waals surface area contributed by atoms with Crippen molar-refractivity contribution in [1.82, 2.24) is 5.32 Å². The van der Waals surface area contributed by atoms with Crippen LogP contribution < -0.4 is 5.32 Å². The molecule has 0 spiro atoms. The molecular weight excluding hydrogens is 286 g/mol. The van der Waals surface area contributed by atoms with E-state index in [2.05, 4.69) is 28.2 Å². The number of hydrogen-bond acceptors (Lipinski definition) is 1. The zero-order valence-electron chi connectivity index (χ0n) is 9.47. The summed E-state index contributed by atoms with van der Waals surface area (Å²) in [5, 5.41) is 4.38. The lowest BCUT2D eigenvalue weighted by Gasteiger charge is -2.32. The van der Waals surface area contributed by atoms with Crippen LogP contribution in [-0.4, -0.2) is 6.04 Å². The number of halogens is 2. The van der Waals surface area contributed by atoms with Gasteiger partial charge in [-0.3, -0.25) is 0 Å². The lowest BCUT2D eigenvalue weighted by molar-refractivity contribution is 0.240. The van der Waals surface area contributed by atoms with Crippen molar-refractivity contribution in [3.8, 4) is 0 Å². The Hall–Kier alpha value is -0.0500. The van der Waals surface area contributed by atoms with E-state index < -0.39 is 0 Å². The van der Waals surface area contributed by atoms with Gasteiger partial charge in [-0.1, -0.05) is 34.0 Å². The fraction of sp³-hybridized carbons (Fsp3) is 0.538. The first-order chi connectivity index (χ1) is 7.66. The highest BCUT2D eigenvalue weighted by Crippen LogP contribution is 2.29. The number of nitrogens with one attached hydrogen (secondary N) is 1. The minimum atomic E-state index is 0.611. The normalized spacial score (nSPS) is 18.2. The second kappa shape index (κ2) is 5.52. The van der Waals surface area contributed by atoms with Gasteiger partial charge < -0.3 is 5.32 Å². The van der Waals surface area contributed by atoms with Crippen molar-refractivity contribution in [2.75, 3.05) is 0 Å². The van der Waals surface area contributed by atoms with E-state index >= 15 is 0 Å². The summed E-state index contributed by atoms with van der Waals surface area (Å²) in [6.07, 6.45) is 4.16. The van der Waals surface area contributed by atoms with Crippen LogP contribution in [0.3, 0.4) is 0 Å². The molecular formula is C13H17BrClN. The second-order valence-electron chi connectivity index (χ2n) is 4.60. The molecule has 0 saturated heterocycles. The Morgan fingerprint density at radius 2 is 2.25 bits per heavy atom. The molecule has 0 heterocycles. The van der Waals surface area contributed by atoms with Crippen LogP contribution in [0.5, 0.6) is 0 Å². The second-order valence-corrected chi connectivity index (χ2v) is 5.89.